The number of rotatable bonds is 6. The molecular formula is C23H27N3O4. The molecule has 0 unspecified atom stereocenters. The van der Waals surface area contributed by atoms with Gasteiger partial charge in [0.1, 0.15) is 5.76 Å². The van der Waals surface area contributed by atoms with Crippen molar-refractivity contribution >= 4 is 29.5 Å². The number of nitrogens with zero attached hydrogens (tertiary/aromatic N) is 1. The summed E-state index contributed by atoms with van der Waals surface area (Å²) in [5.74, 6) is -0.490. The topological polar surface area (TPSA) is 91.7 Å². The van der Waals surface area contributed by atoms with Crippen molar-refractivity contribution in [1.29, 1.82) is 0 Å². The highest BCUT2D eigenvalue weighted by atomic mass is 16.3. The number of likely N-dealkylation sites (tertiary alicyclic amines) is 1. The first-order valence-corrected chi connectivity index (χ1v) is 10.2. The molecule has 30 heavy (non-hydrogen) atoms. The van der Waals surface area contributed by atoms with Crippen LogP contribution in [0, 0.1) is 5.92 Å². The number of anilines is 1. The van der Waals surface area contributed by atoms with Gasteiger partial charge in [-0.2, -0.15) is 0 Å². The van der Waals surface area contributed by atoms with Gasteiger partial charge in [0.15, 0.2) is 0 Å². The largest absolute Gasteiger partial charge is 0.465 e. The highest BCUT2D eigenvalue weighted by Crippen LogP contribution is 2.17. The lowest BCUT2D eigenvalue weighted by Gasteiger charge is -2.31. The molecule has 1 aromatic carbocycles. The molecule has 3 rings (SSSR count). The number of aryl methyl sites for hydroxylation is 1. The molecule has 0 atom stereocenters. The van der Waals surface area contributed by atoms with Crippen LogP contribution in [0.5, 0.6) is 0 Å². The van der Waals surface area contributed by atoms with Crippen LogP contribution in [0.3, 0.4) is 0 Å². The van der Waals surface area contributed by atoms with Gasteiger partial charge in [0, 0.05) is 31.4 Å². The summed E-state index contributed by atoms with van der Waals surface area (Å²) < 4.78 is 5.18. The van der Waals surface area contributed by atoms with Gasteiger partial charge in [-0.15, -0.1) is 0 Å². The summed E-state index contributed by atoms with van der Waals surface area (Å²) in [6, 6.07) is 11.0. The normalized spacial score (nSPS) is 14.6. The Morgan fingerprint density at radius 1 is 1.10 bits per heavy atom. The summed E-state index contributed by atoms with van der Waals surface area (Å²) in [5, 5.41) is 5.31. The second-order valence-corrected chi connectivity index (χ2v) is 7.33. The Bertz CT molecular complexity index is 880. The van der Waals surface area contributed by atoms with Crippen LogP contribution in [0.15, 0.2) is 53.2 Å². The van der Waals surface area contributed by atoms with E-state index in [0.29, 0.717) is 31.1 Å². The maximum absolute atomic E-state index is 12.2. The molecule has 2 aromatic rings. The van der Waals surface area contributed by atoms with Crippen LogP contribution in [0.2, 0.25) is 0 Å². The molecule has 0 radical (unpaired) electrons. The fourth-order valence-electron chi connectivity index (χ4n) is 3.33. The van der Waals surface area contributed by atoms with E-state index in [-0.39, 0.29) is 11.8 Å². The zero-order valence-corrected chi connectivity index (χ0v) is 17.1. The Balaban J connectivity index is 1.37. The van der Waals surface area contributed by atoms with Gasteiger partial charge in [0.2, 0.25) is 5.91 Å². The molecule has 0 saturated carbocycles. The molecule has 2 N–H and O–H groups in total. The quantitative estimate of drug-likeness (QED) is 0.567. The van der Waals surface area contributed by atoms with Crippen LogP contribution >= 0.6 is 0 Å². The minimum absolute atomic E-state index is 0.0534. The predicted molar refractivity (Wildman–Crippen MR) is 115 cm³/mol. The lowest BCUT2D eigenvalue weighted by Crippen LogP contribution is -2.43. The minimum atomic E-state index is -0.671. The van der Waals surface area contributed by atoms with Gasteiger partial charge >= 0.3 is 11.8 Å². The zero-order chi connectivity index (χ0) is 21.3. The lowest BCUT2D eigenvalue weighted by atomic mass is 9.96. The van der Waals surface area contributed by atoms with E-state index in [1.807, 2.05) is 12.1 Å². The second-order valence-electron chi connectivity index (χ2n) is 7.33. The van der Waals surface area contributed by atoms with Crippen molar-refractivity contribution in [2.75, 3.05) is 25.0 Å². The first kappa shape index (κ1) is 21.4. The summed E-state index contributed by atoms with van der Waals surface area (Å²) in [4.78, 5) is 38.2. The maximum atomic E-state index is 12.2. The van der Waals surface area contributed by atoms with Gasteiger partial charge in [-0.3, -0.25) is 14.4 Å². The summed E-state index contributed by atoms with van der Waals surface area (Å²) >= 11 is 0. The van der Waals surface area contributed by atoms with Gasteiger partial charge < -0.3 is 20.0 Å². The molecule has 1 fully saturated rings. The third kappa shape index (κ3) is 6.07. The van der Waals surface area contributed by atoms with E-state index in [9.17, 15) is 14.4 Å². The molecule has 1 saturated heterocycles. The lowest BCUT2D eigenvalue weighted by molar-refractivity contribution is -0.136. The molecule has 0 aliphatic carbocycles. The van der Waals surface area contributed by atoms with Crippen molar-refractivity contribution < 1.29 is 18.8 Å². The van der Waals surface area contributed by atoms with Crippen LogP contribution < -0.4 is 10.6 Å². The Morgan fingerprint density at radius 3 is 2.47 bits per heavy atom. The summed E-state index contributed by atoms with van der Waals surface area (Å²) in [7, 11) is 0. The highest BCUT2D eigenvalue weighted by Gasteiger charge is 2.23. The molecular weight excluding hydrogens is 382 g/mol. The molecule has 3 amide bonds. The SMILES string of the molecule is CCc1ccc(NC(=O)C(=O)NCC2CCN(C(=O)/C=C/c3ccco3)CC2)cc1. The third-order valence-corrected chi connectivity index (χ3v) is 5.24. The average molecular weight is 409 g/mol. The number of hydrogen-bond donors (Lipinski definition) is 2. The summed E-state index contributed by atoms with van der Waals surface area (Å²) in [6.07, 6.45) is 7.20. The summed E-state index contributed by atoms with van der Waals surface area (Å²) in [6.45, 7) is 3.72. The fraction of sp³-hybridized carbons (Fsp3) is 0.348. The van der Waals surface area contributed by atoms with Crippen LogP contribution in [0.4, 0.5) is 5.69 Å². The van der Waals surface area contributed by atoms with Crippen molar-refractivity contribution in [3.05, 3.63) is 60.1 Å². The number of carbonyl (C=O) groups excluding carboxylic acids is 3. The number of benzene rings is 1. The average Bonchev–Trinajstić information content (AvgIpc) is 3.30. The number of piperidine rings is 1. The Hall–Kier alpha value is -3.35. The molecule has 1 aliphatic heterocycles. The molecule has 0 spiro atoms. The monoisotopic (exact) mass is 409 g/mol. The molecule has 7 nitrogen and oxygen atoms in total. The third-order valence-electron chi connectivity index (χ3n) is 5.24. The van der Waals surface area contributed by atoms with E-state index in [4.69, 9.17) is 4.42 Å². The molecule has 158 valence electrons. The second kappa shape index (κ2) is 10.4. The minimum Gasteiger partial charge on any atom is -0.465 e. The molecule has 1 aromatic heterocycles. The standard InChI is InChI=1S/C23H27N3O4/c1-2-17-5-7-19(8-6-17)25-23(29)22(28)24-16-18-11-13-26(14-12-18)21(27)10-9-20-4-3-15-30-20/h3-10,15,18H,2,11-14,16H2,1H3,(H,24,28)(H,25,29)/b10-9+. The fourth-order valence-corrected chi connectivity index (χ4v) is 3.33. The maximum Gasteiger partial charge on any atom is 0.313 e. The highest BCUT2D eigenvalue weighted by molar-refractivity contribution is 6.39. The van der Waals surface area contributed by atoms with E-state index >= 15 is 0 Å². The number of amides is 3. The van der Waals surface area contributed by atoms with E-state index < -0.39 is 11.8 Å². The first-order chi connectivity index (χ1) is 14.5. The molecule has 0 bridgehead atoms. The van der Waals surface area contributed by atoms with Crippen molar-refractivity contribution in [3.8, 4) is 0 Å². The zero-order valence-electron chi connectivity index (χ0n) is 17.1. The Labute approximate surface area is 176 Å². The van der Waals surface area contributed by atoms with Gasteiger partial charge in [0.25, 0.3) is 0 Å². The first-order valence-electron chi connectivity index (χ1n) is 10.2. The van der Waals surface area contributed by atoms with Crippen LogP contribution in [-0.2, 0) is 20.8 Å². The Kier molecular flexibility index (Phi) is 7.43. The number of carbonyl (C=O) groups is 3. The van der Waals surface area contributed by atoms with Crippen molar-refractivity contribution in [3.63, 3.8) is 0 Å². The van der Waals surface area contributed by atoms with E-state index in [1.165, 1.54) is 11.6 Å². The van der Waals surface area contributed by atoms with Crippen LogP contribution in [0.25, 0.3) is 6.08 Å². The molecule has 7 heteroatoms. The molecule has 1 aliphatic rings. The van der Waals surface area contributed by atoms with Crippen molar-refractivity contribution in [1.82, 2.24) is 10.2 Å². The molecule has 2 heterocycles. The van der Waals surface area contributed by atoms with E-state index in [1.54, 1.807) is 41.5 Å². The number of nitrogens with one attached hydrogen (secondary N) is 2. The van der Waals surface area contributed by atoms with Gasteiger partial charge in [-0.05, 0) is 61.1 Å². The van der Waals surface area contributed by atoms with E-state index in [0.717, 1.165) is 19.3 Å². The van der Waals surface area contributed by atoms with Crippen LogP contribution in [0.1, 0.15) is 31.1 Å². The van der Waals surface area contributed by atoms with Crippen molar-refractivity contribution in [2.45, 2.75) is 26.2 Å². The number of hydrogen-bond acceptors (Lipinski definition) is 4. The predicted octanol–water partition coefficient (Wildman–Crippen LogP) is 2.85. The Morgan fingerprint density at radius 2 is 1.83 bits per heavy atom. The van der Waals surface area contributed by atoms with Gasteiger partial charge in [0.05, 0.1) is 6.26 Å². The summed E-state index contributed by atoms with van der Waals surface area (Å²) in [5.41, 5.74) is 1.76. The smallest absolute Gasteiger partial charge is 0.313 e. The van der Waals surface area contributed by atoms with Gasteiger partial charge in [-0.25, -0.2) is 0 Å². The van der Waals surface area contributed by atoms with Gasteiger partial charge in [-0.1, -0.05) is 19.1 Å². The van der Waals surface area contributed by atoms with Crippen molar-refractivity contribution in [2.24, 2.45) is 5.92 Å². The number of furan rings is 1. The van der Waals surface area contributed by atoms with Crippen LogP contribution in [-0.4, -0.2) is 42.3 Å². The van der Waals surface area contributed by atoms with E-state index in [2.05, 4.69) is 17.6 Å².